The lowest BCUT2D eigenvalue weighted by Gasteiger charge is -2.09. The Balaban J connectivity index is 1.65. The molecule has 0 saturated heterocycles. The zero-order valence-electron chi connectivity index (χ0n) is 16.0. The van der Waals surface area contributed by atoms with E-state index in [2.05, 4.69) is 26.0 Å². The number of ether oxygens (including phenoxy) is 1. The van der Waals surface area contributed by atoms with Crippen LogP contribution in [0.5, 0.6) is 0 Å². The van der Waals surface area contributed by atoms with Crippen molar-refractivity contribution in [1.82, 2.24) is 19.3 Å². The first-order chi connectivity index (χ1) is 14.5. The topological polar surface area (TPSA) is 99.0 Å². The van der Waals surface area contributed by atoms with Crippen molar-refractivity contribution in [2.24, 2.45) is 0 Å². The normalized spacial score (nSPS) is 11.0. The van der Waals surface area contributed by atoms with E-state index in [-0.39, 0.29) is 17.7 Å². The number of aromatic nitrogens is 4. The lowest BCUT2D eigenvalue weighted by molar-refractivity contribution is 0.0461. The van der Waals surface area contributed by atoms with Gasteiger partial charge in [-0.15, -0.1) is 0 Å². The molecule has 2 aromatic carbocycles. The molecule has 0 saturated carbocycles. The van der Waals surface area contributed by atoms with Crippen LogP contribution in [0.25, 0.3) is 16.6 Å². The molecule has 9 heteroatoms. The molecule has 0 aliphatic rings. The quantitative estimate of drug-likeness (QED) is 0.453. The molecular formula is C21H17BrN4O4. The Morgan fingerprint density at radius 3 is 2.67 bits per heavy atom. The summed E-state index contributed by atoms with van der Waals surface area (Å²) < 4.78 is 8.93. The summed E-state index contributed by atoms with van der Waals surface area (Å²) in [7, 11) is 0. The monoisotopic (exact) mass is 468 g/mol. The molecule has 0 radical (unpaired) electrons. The number of halogens is 1. The number of benzene rings is 2. The summed E-state index contributed by atoms with van der Waals surface area (Å²) in [4.78, 5) is 40.5. The van der Waals surface area contributed by atoms with Gasteiger partial charge in [0.25, 0.3) is 5.56 Å². The Morgan fingerprint density at radius 2 is 1.93 bits per heavy atom. The Labute approximate surface area is 178 Å². The summed E-state index contributed by atoms with van der Waals surface area (Å²) in [6, 6.07) is 13.1. The van der Waals surface area contributed by atoms with Crippen molar-refractivity contribution < 1.29 is 9.53 Å². The molecule has 0 spiro atoms. The average molecular weight is 469 g/mol. The number of aromatic amines is 1. The average Bonchev–Trinajstić information content (AvgIpc) is 3.11. The Morgan fingerprint density at radius 1 is 1.17 bits per heavy atom. The number of fused-ring (bicyclic) bond motifs is 1. The predicted molar refractivity (Wildman–Crippen MR) is 115 cm³/mol. The first-order valence-electron chi connectivity index (χ1n) is 9.21. The van der Waals surface area contributed by atoms with Gasteiger partial charge in [0, 0.05) is 6.54 Å². The minimum Gasteiger partial charge on any atom is -0.456 e. The summed E-state index contributed by atoms with van der Waals surface area (Å²) in [5.41, 5.74) is 0.661. The van der Waals surface area contributed by atoms with Crippen LogP contribution in [0.3, 0.4) is 0 Å². The number of nitrogens with one attached hydrogen (secondary N) is 1. The van der Waals surface area contributed by atoms with E-state index in [9.17, 15) is 14.4 Å². The third-order valence-electron chi connectivity index (χ3n) is 4.69. The number of hydrogen-bond acceptors (Lipinski definition) is 5. The number of H-pyrrole nitrogens is 1. The minimum absolute atomic E-state index is 0.0391. The van der Waals surface area contributed by atoms with Gasteiger partial charge in [0.15, 0.2) is 0 Å². The number of hydrogen-bond donors (Lipinski definition) is 1. The van der Waals surface area contributed by atoms with Crippen LogP contribution in [0.2, 0.25) is 0 Å². The second kappa shape index (κ2) is 8.11. The van der Waals surface area contributed by atoms with Crippen LogP contribution in [-0.4, -0.2) is 25.3 Å². The molecule has 0 bridgehead atoms. The van der Waals surface area contributed by atoms with Gasteiger partial charge < -0.3 is 9.72 Å². The Hall–Kier alpha value is -3.46. The number of para-hydroxylation sites is 1. The summed E-state index contributed by atoms with van der Waals surface area (Å²) in [6.07, 6.45) is 1.64. The molecular weight excluding hydrogens is 452 g/mol. The highest BCUT2D eigenvalue weighted by Gasteiger charge is 2.15. The van der Waals surface area contributed by atoms with Crippen LogP contribution in [0.1, 0.15) is 23.0 Å². The fraction of sp³-hybridized carbons (Fsp3) is 0.143. The molecule has 4 rings (SSSR count). The molecule has 0 amide bonds. The van der Waals surface area contributed by atoms with Gasteiger partial charge in [-0.25, -0.2) is 14.2 Å². The Bertz CT molecular complexity index is 1360. The van der Waals surface area contributed by atoms with E-state index in [4.69, 9.17) is 4.74 Å². The molecule has 0 fully saturated rings. The molecule has 0 aliphatic heterocycles. The molecule has 152 valence electrons. The molecule has 2 heterocycles. The summed E-state index contributed by atoms with van der Waals surface area (Å²) in [5, 5.41) is 4.47. The van der Waals surface area contributed by atoms with Crippen LogP contribution in [0, 0.1) is 0 Å². The van der Waals surface area contributed by atoms with E-state index in [1.54, 1.807) is 41.2 Å². The molecule has 0 aliphatic carbocycles. The SMILES string of the molecule is CCn1ncc(Br)c1COC(=O)c1ccc2c(=O)n(-c3ccccc3)c(=O)[nH]c2c1. The summed E-state index contributed by atoms with van der Waals surface area (Å²) in [6.45, 7) is 2.62. The third kappa shape index (κ3) is 3.59. The van der Waals surface area contributed by atoms with Crippen molar-refractivity contribution in [1.29, 1.82) is 0 Å². The van der Waals surface area contributed by atoms with Crippen LogP contribution >= 0.6 is 15.9 Å². The van der Waals surface area contributed by atoms with Gasteiger partial charge >= 0.3 is 11.7 Å². The number of nitrogens with zero attached hydrogens (tertiary/aromatic N) is 3. The maximum absolute atomic E-state index is 12.8. The van der Waals surface area contributed by atoms with Gasteiger partial charge in [0.2, 0.25) is 0 Å². The first-order valence-corrected chi connectivity index (χ1v) is 10.0. The molecule has 2 aromatic heterocycles. The maximum Gasteiger partial charge on any atom is 0.338 e. The number of esters is 1. The van der Waals surface area contributed by atoms with E-state index in [1.807, 2.05) is 6.92 Å². The van der Waals surface area contributed by atoms with Crippen molar-refractivity contribution in [3.63, 3.8) is 0 Å². The summed E-state index contributed by atoms with van der Waals surface area (Å²) in [5.74, 6) is -0.569. The summed E-state index contributed by atoms with van der Waals surface area (Å²) >= 11 is 3.39. The first kappa shape index (κ1) is 19.8. The standard InChI is InChI=1S/C21H17BrN4O4/c1-2-25-18(16(22)11-23-25)12-30-20(28)13-8-9-15-17(10-13)24-21(29)26(19(15)27)14-6-4-3-5-7-14/h3-11H,2,12H2,1H3,(H,24,29). The second-order valence-electron chi connectivity index (χ2n) is 6.50. The van der Waals surface area contributed by atoms with Gasteiger partial charge in [-0.05, 0) is 53.2 Å². The van der Waals surface area contributed by atoms with Crippen LogP contribution in [-0.2, 0) is 17.9 Å². The smallest absolute Gasteiger partial charge is 0.338 e. The zero-order chi connectivity index (χ0) is 21.3. The van der Waals surface area contributed by atoms with Gasteiger partial charge in [0.1, 0.15) is 6.61 Å². The fourth-order valence-corrected chi connectivity index (χ4v) is 3.59. The number of rotatable bonds is 5. The van der Waals surface area contributed by atoms with Gasteiger partial charge in [-0.3, -0.25) is 9.48 Å². The van der Waals surface area contributed by atoms with Gasteiger partial charge in [-0.2, -0.15) is 5.10 Å². The van der Waals surface area contributed by atoms with Crippen LogP contribution < -0.4 is 11.2 Å². The van der Waals surface area contributed by atoms with Gasteiger partial charge in [-0.1, -0.05) is 18.2 Å². The fourth-order valence-electron chi connectivity index (χ4n) is 3.18. The largest absolute Gasteiger partial charge is 0.456 e. The predicted octanol–water partition coefficient (Wildman–Crippen LogP) is 3.01. The molecule has 30 heavy (non-hydrogen) atoms. The minimum atomic E-state index is -0.583. The molecule has 8 nitrogen and oxygen atoms in total. The van der Waals surface area contributed by atoms with Crippen molar-refractivity contribution in [3.05, 3.63) is 91.3 Å². The second-order valence-corrected chi connectivity index (χ2v) is 7.35. The van der Waals surface area contributed by atoms with E-state index < -0.39 is 17.2 Å². The molecule has 1 N–H and O–H groups in total. The van der Waals surface area contributed by atoms with Crippen molar-refractivity contribution in [2.75, 3.05) is 0 Å². The highest BCUT2D eigenvalue weighted by molar-refractivity contribution is 9.10. The molecule has 4 aromatic rings. The lowest BCUT2D eigenvalue weighted by Crippen LogP contribution is -2.33. The lowest BCUT2D eigenvalue weighted by atomic mass is 10.1. The van der Waals surface area contributed by atoms with Gasteiger partial charge in [0.05, 0.1) is 38.5 Å². The number of aryl methyl sites for hydroxylation is 1. The number of carbonyl (C=O) groups is 1. The van der Waals surface area contributed by atoms with Crippen molar-refractivity contribution in [3.8, 4) is 5.69 Å². The van der Waals surface area contributed by atoms with E-state index in [1.165, 1.54) is 18.2 Å². The maximum atomic E-state index is 12.8. The molecule has 0 atom stereocenters. The van der Waals surface area contributed by atoms with E-state index in [0.29, 0.717) is 17.6 Å². The third-order valence-corrected chi connectivity index (χ3v) is 5.35. The van der Waals surface area contributed by atoms with E-state index >= 15 is 0 Å². The van der Waals surface area contributed by atoms with Crippen molar-refractivity contribution in [2.45, 2.75) is 20.1 Å². The molecule has 0 unspecified atom stereocenters. The highest BCUT2D eigenvalue weighted by atomic mass is 79.9. The Kier molecular flexibility index (Phi) is 5.37. The van der Waals surface area contributed by atoms with E-state index in [0.717, 1.165) is 14.7 Å². The zero-order valence-corrected chi connectivity index (χ0v) is 17.5. The number of carbonyl (C=O) groups excluding carboxylic acids is 1. The highest BCUT2D eigenvalue weighted by Crippen LogP contribution is 2.18. The van der Waals surface area contributed by atoms with Crippen LogP contribution in [0.4, 0.5) is 0 Å². The van der Waals surface area contributed by atoms with Crippen LogP contribution in [0.15, 0.2) is 68.8 Å². The van der Waals surface area contributed by atoms with Crippen molar-refractivity contribution >= 4 is 32.8 Å².